The summed E-state index contributed by atoms with van der Waals surface area (Å²) in [5.74, 6) is -0.200. The third-order valence-corrected chi connectivity index (χ3v) is 16.1. The molecule has 1 atom stereocenters. The molecule has 2 aliphatic heterocycles. The van der Waals surface area contributed by atoms with E-state index in [1.54, 1.807) is 0 Å². The lowest BCUT2D eigenvalue weighted by Crippen LogP contribution is -2.72. The fourth-order valence-corrected chi connectivity index (χ4v) is 13.0. The van der Waals surface area contributed by atoms with E-state index < -0.39 is 19.6 Å². The van der Waals surface area contributed by atoms with Crippen molar-refractivity contribution in [2.24, 2.45) is 0 Å². The Balaban J connectivity index is 1.32. The molecule has 1 unspecified atom stereocenters. The standard InChI is InChI=1S/C59H46FN3OSi/c1-36(2)47-34-51-46-23-14-15-26-48(46)59(61(51)35-53(47)65(3,4)5)49-31-30-45-44-29-28-40(60)33-52(44)64-57(45)54(49)58-62(56-43-22-13-12-21-39(43)27-32-50(56)63(58)59)55-41(37-17-8-6-9-18-37)24-16-25-42(55)38-19-10-7-11-20-38/h6-36H,1-5H3/q+2/i36D. The quantitative estimate of drug-likeness (QED) is 0.125. The van der Waals surface area contributed by atoms with E-state index in [2.05, 4.69) is 197 Å². The molecule has 4 nitrogen and oxygen atoms in total. The van der Waals surface area contributed by atoms with Gasteiger partial charge in [0.15, 0.2) is 22.8 Å². The van der Waals surface area contributed by atoms with Crippen molar-refractivity contribution in [3.8, 4) is 50.6 Å². The highest BCUT2D eigenvalue weighted by atomic mass is 28.3. The van der Waals surface area contributed by atoms with Gasteiger partial charge in [-0.1, -0.05) is 143 Å². The molecule has 0 bridgehead atoms. The lowest BCUT2D eigenvalue weighted by atomic mass is 9.88. The zero-order chi connectivity index (χ0) is 44.9. The van der Waals surface area contributed by atoms with Gasteiger partial charge in [0.2, 0.25) is 5.69 Å². The number of aromatic nitrogens is 3. The molecular weight excluding hydrogens is 814 g/mol. The van der Waals surface area contributed by atoms with Gasteiger partial charge in [-0.15, -0.1) is 9.13 Å². The molecule has 1 spiro atoms. The van der Waals surface area contributed by atoms with Gasteiger partial charge in [-0.25, -0.2) is 4.39 Å². The minimum Gasteiger partial charge on any atom is -0.455 e. The van der Waals surface area contributed by atoms with Crippen LogP contribution in [0.3, 0.4) is 0 Å². The highest BCUT2D eigenvalue weighted by Crippen LogP contribution is 2.54. The van der Waals surface area contributed by atoms with Crippen LogP contribution >= 0.6 is 0 Å². The van der Waals surface area contributed by atoms with Crippen molar-refractivity contribution in [2.75, 3.05) is 0 Å². The van der Waals surface area contributed by atoms with Gasteiger partial charge in [0.1, 0.15) is 22.7 Å². The summed E-state index contributed by atoms with van der Waals surface area (Å²) in [5.41, 5.74) is 14.3. The van der Waals surface area contributed by atoms with Gasteiger partial charge in [0.25, 0.3) is 0 Å². The normalized spacial score (nSPS) is 15.5. The molecule has 312 valence electrons. The summed E-state index contributed by atoms with van der Waals surface area (Å²) in [5, 5.41) is 5.31. The van der Waals surface area contributed by atoms with E-state index in [0.717, 1.165) is 99.9 Å². The van der Waals surface area contributed by atoms with Crippen LogP contribution in [-0.4, -0.2) is 12.6 Å². The van der Waals surface area contributed by atoms with Crippen LogP contribution in [0.2, 0.25) is 19.6 Å². The molecule has 0 saturated heterocycles. The van der Waals surface area contributed by atoms with Crippen molar-refractivity contribution < 1.29 is 19.3 Å². The van der Waals surface area contributed by atoms with Crippen LogP contribution in [0.25, 0.3) is 94.3 Å². The van der Waals surface area contributed by atoms with Gasteiger partial charge in [0, 0.05) is 46.0 Å². The zero-order valence-electron chi connectivity index (χ0n) is 37.9. The molecule has 6 heteroatoms. The number of para-hydroxylation sites is 1. The number of rotatable bonds is 5. The molecule has 0 N–H and O–H groups in total. The number of benzene rings is 8. The van der Waals surface area contributed by atoms with Gasteiger partial charge >= 0.3 is 11.5 Å². The summed E-state index contributed by atoms with van der Waals surface area (Å²) in [6.07, 6.45) is 2.41. The second-order valence-corrected chi connectivity index (χ2v) is 24.1. The van der Waals surface area contributed by atoms with E-state index in [9.17, 15) is 1.37 Å². The molecule has 2 aliphatic rings. The average Bonchev–Trinajstić information content (AvgIpc) is 4.04. The van der Waals surface area contributed by atoms with E-state index in [-0.39, 0.29) is 5.82 Å². The third kappa shape index (κ3) is 5.11. The Hall–Kier alpha value is -7.41. The van der Waals surface area contributed by atoms with Crippen molar-refractivity contribution in [1.82, 2.24) is 4.57 Å². The van der Waals surface area contributed by atoms with Gasteiger partial charge in [0.05, 0.1) is 24.8 Å². The van der Waals surface area contributed by atoms with Crippen LogP contribution in [0.4, 0.5) is 4.39 Å². The summed E-state index contributed by atoms with van der Waals surface area (Å²) in [4.78, 5) is 0. The number of hydrogen-bond donors (Lipinski definition) is 0. The average molecular weight is 861 g/mol. The molecule has 0 aliphatic carbocycles. The summed E-state index contributed by atoms with van der Waals surface area (Å²) in [6.45, 7) is 11.2. The molecule has 0 radical (unpaired) electrons. The molecule has 0 amide bonds. The number of imidazole rings is 1. The Bertz CT molecular complexity index is 3800. The van der Waals surface area contributed by atoms with Gasteiger partial charge < -0.3 is 4.42 Å². The van der Waals surface area contributed by atoms with Crippen LogP contribution < -0.4 is 14.3 Å². The van der Waals surface area contributed by atoms with E-state index in [4.69, 9.17) is 4.42 Å². The zero-order valence-corrected chi connectivity index (χ0v) is 37.9. The minimum absolute atomic E-state index is 0.337. The Labute approximate surface area is 379 Å². The van der Waals surface area contributed by atoms with Crippen LogP contribution in [-0.2, 0) is 5.66 Å². The monoisotopic (exact) mass is 860 g/mol. The van der Waals surface area contributed by atoms with Gasteiger partial charge in [-0.3, -0.25) is 0 Å². The largest absolute Gasteiger partial charge is 0.455 e. The number of halogens is 1. The van der Waals surface area contributed by atoms with Crippen LogP contribution in [0, 0.1) is 5.82 Å². The van der Waals surface area contributed by atoms with Gasteiger partial charge in [-0.2, -0.15) is 4.57 Å². The number of furan rings is 1. The highest BCUT2D eigenvalue weighted by Gasteiger charge is 2.67. The Morgan fingerprint density at radius 3 is 2.03 bits per heavy atom. The molecule has 3 aromatic heterocycles. The second kappa shape index (κ2) is 13.6. The topological polar surface area (TPSA) is 25.8 Å². The van der Waals surface area contributed by atoms with Crippen molar-refractivity contribution in [1.29, 1.82) is 0 Å². The Kier molecular flexibility index (Phi) is 7.72. The first kappa shape index (κ1) is 37.0. The Morgan fingerprint density at radius 2 is 1.31 bits per heavy atom. The molecule has 11 aromatic rings. The minimum atomic E-state index is -2.09. The SMILES string of the molecule is [2H]C(C)(C)c1cc2[n+](cc1[Si](C)(C)C)C1(c3ccccc3-2)c2ccc3c(oc4cc(F)ccc43)c2-c2n(-c3c(-c4ccccc4)cccc3-c3ccccc3)c3c4ccccc4ccc3[n+]21. The first-order valence-electron chi connectivity index (χ1n) is 23.0. The highest BCUT2D eigenvalue weighted by molar-refractivity contribution is 6.89. The van der Waals surface area contributed by atoms with Gasteiger partial charge in [-0.05, 0) is 82.6 Å². The number of pyridine rings is 1. The molecule has 65 heavy (non-hydrogen) atoms. The summed E-state index contributed by atoms with van der Waals surface area (Å²) in [7, 11) is -2.09. The van der Waals surface area contributed by atoms with E-state index >= 15 is 4.39 Å². The van der Waals surface area contributed by atoms with E-state index in [1.807, 2.05) is 19.9 Å². The molecule has 0 fully saturated rings. The van der Waals surface area contributed by atoms with Crippen molar-refractivity contribution >= 4 is 57.0 Å². The second-order valence-electron chi connectivity index (χ2n) is 19.0. The predicted octanol–water partition coefficient (Wildman–Crippen LogP) is 13.7. The van der Waals surface area contributed by atoms with Crippen molar-refractivity contribution in [2.45, 2.75) is 45.0 Å². The maximum atomic E-state index is 15.2. The Morgan fingerprint density at radius 1 is 0.646 bits per heavy atom. The van der Waals surface area contributed by atoms with Crippen LogP contribution in [0.15, 0.2) is 187 Å². The summed E-state index contributed by atoms with van der Waals surface area (Å²) >= 11 is 0. The predicted molar refractivity (Wildman–Crippen MR) is 265 cm³/mol. The molecule has 5 heterocycles. The summed E-state index contributed by atoms with van der Waals surface area (Å²) < 4.78 is 39.5. The third-order valence-electron chi connectivity index (χ3n) is 14.1. The van der Waals surface area contributed by atoms with Crippen LogP contribution in [0.1, 0.15) is 37.8 Å². The fraction of sp³-hybridized carbons (Fsp3) is 0.119. The summed E-state index contributed by atoms with van der Waals surface area (Å²) in [6, 6.07) is 61.9. The maximum absolute atomic E-state index is 15.2. The lowest BCUT2D eigenvalue weighted by Gasteiger charge is -2.25. The maximum Gasteiger partial charge on any atom is 0.364 e. The van der Waals surface area contributed by atoms with Crippen molar-refractivity contribution in [3.05, 3.63) is 205 Å². The smallest absolute Gasteiger partial charge is 0.364 e. The first-order valence-corrected chi connectivity index (χ1v) is 26.0. The lowest BCUT2D eigenvalue weighted by molar-refractivity contribution is -0.944. The van der Waals surface area contributed by atoms with E-state index in [1.165, 1.54) is 17.3 Å². The molecule has 8 aromatic carbocycles. The first-order chi connectivity index (χ1) is 31.9. The molecule has 0 saturated carbocycles. The van der Waals surface area contributed by atoms with E-state index in [0.29, 0.717) is 11.2 Å². The molecule has 13 rings (SSSR count). The van der Waals surface area contributed by atoms with Crippen LogP contribution in [0.5, 0.6) is 0 Å². The number of nitrogens with zero attached hydrogens (tertiary/aromatic N) is 3. The number of hydrogen-bond acceptors (Lipinski definition) is 1. The van der Waals surface area contributed by atoms with Crippen molar-refractivity contribution in [3.63, 3.8) is 0 Å². The molecular formula is C59H46FN3OSi+2. The fourth-order valence-electron chi connectivity index (χ4n) is 11.4. The number of fused-ring (bicyclic) bond motifs is 18.